The van der Waals surface area contributed by atoms with Crippen LogP contribution in [-0.2, 0) is 25.1 Å². The first-order chi connectivity index (χ1) is 21.7. The Morgan fingerprint density at radius 3 is 2.32 bits per heavy atom. The number of ether oxygens (including phenoxy) is 2. The van der Waals surface area contributed by atoms with Gasteiger partial charge in [-0.3, -0.25) is 4.79 Å². The largest absolute Gasteiger partial charge is 0.543 e. The van der Waals surface area contributed by atoms with Crippen LogP contribution in [0.25, 0.3) is 0 Å². The van der Waals surface area contributed by atoms with Crippen LogP contribution in [0.15, 0.2) is 42.5 Å². The molecule has 2 heterocycles. The number of aliphatic hydroxyl groups is 1. The standard InChI is InChI=1S/C37H61NO7Si2/c1-12-13-14-15-19-33(40)38-25-27(39)21-29-22-30-24-31(44-46(8,9)36(2,3)4)23-28(42-30)20-26-17-16-18-32(34(26)35(41)43-29)45-47(10,11)37(5,6)7/h13-19,27-31,39H,12,20-25H2,1-11H3,(H,38,40)/b14-13-,19-15-/t27?,28-,29-,30-,31+/m0/s1. The second-order valence-electron chi connectivity index (χ2n) is 16.3. The summed E-state index contributed by atoms with van der Waals surface area (Å²) >= 11 is 0. The molecular formula is C37H61NO7Si2. The quantitative estimate of drug-likeness (QED) is 0.106. The topological polar surface area (TPSA) is 103 Å². The Kier molecular flexibility index (Phi) is 13.3. The molecule has 2 aliphatic heterocycles. The summed E-state index contributed by atoms with van der Waals surface area (Å²) in [6, 6.07) is 5.78. The Bertz CT molecular complexity index is 1280. The van der Waals surface area contributed by atoms with Crippen molar-refractivity contribution in [3.8, 4) is 5.75 Å². The van der Waals surface area contributed by atoms with Gasteiger partial charge in [-0.2, -0.15) is 0 Å². The zero-order valence-corrected chi connectivity index (χ0v) is 32.8. The molecule has 2 bridgehead atoms. The van der Waals surface area contributed by atoms with Gasteiger partial charge in [-0.05, 0) is 73.6 Å². The molecule has 0 saturated carbocycles. The minimum atomic E-state index is -2.29. The number of cyclic esters (lactones) is 1. The number of rotatable bonds is 11. The highest BCUT2D eigenvalue weighted by molar-refractivity contribution is 6.75. The fourth-order valence-corrected chi connectivity index (χ4v) is 7.90. The summed E-state index contributed by atoms with van der Waals surface area (Å²) in [6.45, 7) is 24.2. The lowest BCUT2D eigenvalue weighted by Gasteiger charge is -2.44. The van der Waals surface area contributed by atoms with E-state index in [0.717, 1.165) is 18.4 Å². The number of aliphatic hydroxyl groups excluding tert-OH is 1. The van der Waals surface area contributed by atoms with Crippen LogP contribution < -0.4 is 9.74 Å². The van der Waals surface area contributed by atoms with Crippen LogP contribution in [0.2, 0.25) is 36.3 Å². The van der Waals surface area contributed by atoms with Crippen molar-refractivity contribution in [1.82, 2.24) is 5.32 Å². The number of hydrogen-bond acceptors (Lipinski definition) is 7. The van der Waals surface area contributed by atoms with Gasteiger partial charge in [0.05, 0.1) is 18.3 Å². The molecule has 1 aromatic carbocycles. The summed E-state index contributed by atoms with van der Waals surface area (Å²) in [7, 11) is -4.34. The van der Waals surface area contributed by atoms with Crippen LogP contribution in [0.1, 0.15) is 96.5 Å². The zero-order chi connectivity index (χ0) is 35.2. The molecule has 2 N–H and O–H groups in total. The Morgan fingerprint density at radius 1 is 1.02 bits per heavy atom. The number of nitrogens with one attached hydrogen (secondary N) is 1. The number of hydrogen-bond donors (Lipinski definition) is 2. The lowest BCUT2D eigenvalue weighted by Crippen LogP contribution is -2.49. The van der Waals surface area contributed by atoms with Crippen LogP contribution >= 0.6 is 0 Å². The second kappa shape index (κ2) is 16.0. The average molecular weight is 688 g/mol. The monoisotopic (exact) mass is 687 g/mol. The molecule has 1 saturated heterocycles. The molecule has 1 amide bonds. The normalized spacial score (nSPS) is 23.7. The third-order valence-electron chi connectivity index (χ3n) is 10.2. The third-order valence-corrected chi connectivity index (χ3v) is 19.1. The summed E-state index contributed by atoms with van der Waals surface area (Å²) in [6.07, 6.45) is 8.43. The van der Waals surface area contributed by atoms with E-state index in [1.54, 1.807) is 6.08 Å². The zero-order valence-electron chi connectivity index (χ0n) is 30.8. The molecule has 10 heteroatoms. The first kappa shape index (κ1) is 39.2. The average Bonchev–Trinajstić information content (AvgIpc) is 2.92. The SMILES string of the molecule is CC/C=C\C=C/C(=O)NCC(O)C[C@H]1C[C@H]2C[C@H](O[Si](C)(C)C(C)(C)C)C[C@H](Cc3cccc(O[Si](C)(C)C(C)(C)C)c3C(=O)O1)O2. The van der Waals surface area contributed by atoms with Crippen molar-refractivity contribution in [2.75, 3.05) is 6.54 Å². The Labute approximate surface area is 285 Å². The molecule has 0 radical (unpaired) electrons. The van der Waals surface area contributed by atoms with Crippen molar-refractivity contribution in [3.63, 3.8) is 0 Å². The van der Waals surface area contributed by atoms with Crippen molar-refractivity contribution in [2.45, 2.75) is 154 Å². The van der Waals surface area contributed by atoms with Gasteiger partial charge in [0, 0.05) is 31.6 Å². The molecule has 1 aromatic rings. The van der Waals surface area contributed by atoms with E-state index >= 15 is 0 Å². The highest BCUT2D eigenvalue weighted by atomic mass is 28.4. The highest BCUT2D eigenvalue weighted by Gasteiger charge is 2.44. The minimum absolute atomic E-state index is 0.0169. The summed E-state index contributed by atoms with van der Waals surface area (Å²) in [5.41, 5.74) is 1.27. The number of carbonyl (C=O) groups excluding carboxylic acids is 2. The van der Waals surface area contributed by atoms with Crippen LogP contribution in [0.4, 0.5) is 0 Å². The molecule has 264 valence electrons. The van der Waals surface area contributed by atoms with Crippen molar-refractivity contribution < 1.29 is 33.0 Å². The maximum absolute atomic E-state index is 14.1. The number of benzene rings is 1. The van der Waals surface area contributed by atoms with E-state index < -0.39 is 34.8 Å². The first-order valence-corrected chi connectivity index (χ1v) is 23.2. The molecule has 5 atom stereocenters. The number of allylic oxidation sites excluding steroid dienone is 3. The molecule has 0 spiro atoms. The van der Waals surface area contributed by atoms with Crippen LogP contribution in [0, 0.1) is 0 Å². The maximum atomic E-state index is 14.1. The summed E-state index contributed by atoms with van der Waals surface area (Å²) < 4.78 is 26.6. The number of fused-ring (bicyclic) bond motifs is 3. The molecule has 47 heavy (non-hydrogen) atoms. The van der Waals surface area contributed by atoms with Crippen molar-refractivity contribution in [1.29, 1.82) is 0 Å². The Hall–Kier alpha value is -2.25. The molecule has 1 fully saturated rings. The maximum Gasteiger partial charge on any atom is 0.342 e. The molecule has 8 nitrogen and oxygen atoms in total. The van der Waals surface area contributed by atoms with Gasteiger partial charge < -0.3 is 28.7 Å². The lowest BCUT2D eigenvalue weighted by atomic mass is 9.90. The predicted octanol–water partition coefficient (Wildman–Crippen LogP) is 7.87. The van der Waals surface area contributed by atoms with Crippen molar-refractivity contribution in [2.24, 2.45) is 0 Å². The van der Waals surface area contributed by atoms with Gasteiger partial charge in [0.1, 0.15) is 17.4 Å². The smallest absolute Gasteiger partial charge is 0.342 e. The summed E-state index contributed by atoms with van der Waals surface area (Å²) in [5, 5.41) is 13.8. The molecule has 0 aromatic heterocycles. The molecule has 0 aliphatic carbocycles. The minimum Gasteiger partial charge on any atom is -0.543 e. The van der Waals surface area contributed by atoms with E-state index in [0.29, 0.717) is 30.6 Å². The molecule has 1 unspecified atom stereocenters. The van der Waals surface area contributed by atoms with E-state index in [1.165, 1.54) is 6.08 Å². The Balaban J connectivity index is 1.93. The fraction of sp³-hybridized carbons (Fsp3) is 0.676. The first-order valence-electron chi connectivity index (χ1n) is 17.4. The van der Waals surface area contributed by atoms with E-state index in [9.17, 15) is 14.7 Å². The highest BCUT2D eigenvalue weighted by Crippen LogP contribution is 2.42. The Morgan fingerprint density at radius 2 is 1.68 bits per heavy atom. The molecular weight excluding hydrogens is 627 g/mol. The molecule has 2 aliphatic rings. The summed E-state index contributed by atoms with van der Waals surface area (Å²) in [5.74, 6) is -0.204. The van der Waals surface area contributed by atoms with Crippen LogP contribution in [-0.4, -0.2) is 70.7 Å². The van der Waals surface area contributed by atoms with Gasteiger partial charge >= 0.3 is 5.97 Å². The van der Waals surface area contributed by atoms with Gasteiger partial charge in [-0.25, -0.2) is 4.79 Å². The van der Waals surface area contributed by atoms with Gasteiger partial charge in [-0.1, -0.05) is 78.8 Å². The van der Waals surface area contributed by atoms with E-state index in [1.807, 2.05) is 37.3 Å². The predicted molar refractivity (Wildman–Crippen MR) is 194 cm³/mol. The van der Waals surface area contributed by atoms with Gasteiger partial charge in [0.25, 0.3) is 8.32 Å². The van der Waals surface area contributed by atoms with E-state index in [-0.39, 0.29) is 47.3 Å². The van der Waals surface area contributed by atoms with Gasteiger partial charge in [-0.15, -0.1) is 0 Å². The summed E-state index contributed by atoms with van der Waals surface area (Å²) in [4.78, 5) is 26.4. The van der Waals surface area contributed by atoms with Crippen LogP contribution in [0.5, 0.6) is 5.75 Å². The molecule has 3 rings (SSSR count). The van der Waals surface area contributed by atoms with E-state index in [2.05, 4.69) is 73.0 Å². The lowest BCUT2D eigenvalue weighted by molar-refractivity contribution is -0.117. The van der Waals surface area contributed by atoms with Crippen molar-refractivity contribution in [3.05, 3.63) is 53.6 Å². The fourth-order valence-electron chi connectivity index (χ4n) is 5.49. The van der Waals surface area contributed by atoms with Gasteiger partial charge in [0.15, 0.2) is 8.32 Å². The van der Waals surface area contributed by atoms with E-state index in [4.69, 9.17) is 18.3 Å². The third kappa shape index (κ3) is 11.1. The number of esters is 1. The number of carbonyl (C=O) groups is 2. The van der Waals surface area contributed by atoms with Crippen LogP contribution in [0.3, 0.4) is 0 Å². The van der Waals surface area contributed by atoms with Gasteiger partial charge in [0.2, 0.25) is 5.91 Å². The second-order valence-corrected chi connectivity index (χ2v) is 25.8. The van der Waals surface area contributed by atoms with Crippen molar-refractivity contribution >= 4 is 28.5 Å². The number of amides is 1.